The number of aromatic nitrogens is 2. The van der Waals surface area contributed by atoms with Crippen molar-refractivity contribution >= 4 is 43.6 Å². The van der Waals surface area contributed by atoms with Crippen LogP contribution >= 0.6 is 11.6 Å². The van der Waals surface area contributed by atoms with Gasteiger partial charge in [-0.15, -0.1) is 0 Å². The Bertz CT molecular complexity index is 993. The molecule has 0 atom stereocenters. The molecule has 0 bridgehead atoms. The van der Waals surface area contributed by atoms with Crippen LogP contribution in [0.25, 0.3) is 21.9 Å². The summed E-state index contributed by atoms with van der Waals surface area (Å²) in [5.74, 6) is 0. The minimum absolute atomic E-state index is 0.285. The van der Waals surface area contributed by atoms with Crippen molar-refractivity contribution in [2.75, 3.05) is 26.2 Å². The first kappa shape index (κ1) is 14.9. The predicted octanol–water partition coefficient (Wildman–Crippen LogP) is 1.96. The van der Waals surface area contributed by atoms with Crippen molar-refractivity contribution in [3.05, 3.63) is 35.5 Å². The van der Waals surface area contributed by atoms with E-state index in [0.29, 0.717) is 36.8 Å². The maximum atomic E-state index is 12.8. The number of nitrogens with one attached hydrogen (secondary N) is 2. The lowest BCUT2D eigenvalue weighted by Gasteiger charge is -2.26. The molecule has 0 spiro atoms. The van der Waals surface area contributed by atoms with Crippen molar-refractivity contribution in [3.8, 4) is 0 Å². The van der Waals surface area contributed by atoms with Crippen LogP contribution in [-0.4, -0.2) is 48.9 Å². The van der Waals surface area contributed by atoms with Gasteiger partial charge in [0, 0.05) is 48.7 Å². The maximum Gasteiger partial charge on any atom is 0.243 e. The van der Waals surface area contributed by atoms with Crippen molar-refractivity contribution in [1.82, 2.24) is 19.6 Å². The molecule has 3 heterocycles. The molecule has 23 heavy (non-hydrogen) atoms. The first-order chi connectivity index (χ1) is 11.1. The molecule has 1 aliphatic heterocycles. The third kappa shape index (κ3) is 2.40. The quantitative estimate of drug-likeness (QED) is 0.740. The van der Waals surface area contributed by atoms with Gasteiger partial charge >= 0.3 is 0 Å². The fourth-order valence-corrected chi connectivity index (χ4v) is 4.67. The predicted molar refractivity (Wildman–Crippen MR) is 90.2 cm³/mol. The minimum atomic E-state index is -3.50. The normalized spacial score (nSPS) is 17.1. The SMILES string of the molecule is O=S(=O)(c1ccc2[nH]c3nccc(Cl)c3c2c1)N1CCNCC1. The fourth-order valence-electron chi connectivity index (χ4n) is 2.95. The van der Waals surface area contributed by atoms with Crippen LogP contribution in [0.2, 0.25) is 5.02 Å². The first-order valence-corrected chi connectivity index (χ1v) is 9.16. The Morgan fingerprint density at radius 1 is 1.17 bits per heavy atom. The Hall–Kier alpha value is -1.67. The number of halogens is 1. The summed E-state index contributed by atoms with van der Waals surface area (Å²) in [6.45, 7) is 2.31. The van der Waals surface area contributed by atoms with Gasteiger partial charge in [-0.25, -0.2) is 13.4 Å². The van der Waals surface area contributed by atoms with Crippen LogP contribution in [0, 0.1) is 0 Å². The second kappa shape index (κ2) is 5.45. The van der Waals surface area contributed by atoms with Crippen molar-refractivity contribution in [2.45, 2.75) is 4.90 Å². The molecule has 0 unspecified atom stereocenters. The monoisotopic (exact) mass is 350 g/mol. The minimum Gasteiger partial charge on any atom is -0.339 e. The zero-order valence-electron chi connectivity index (χ0n) is 12.2. The molecule has 8 heteroatoms. The third-order valence-electron chi connectivity index (χ3n) is 4.13. The Kier molecular flexibility index (Phi) is 3.53. The van der Waals surface area contributed by atoms with Crippen LogP contribution < -0.4 is 5.32 Å². The Morgan fingerprint density at radius 3 is 2.74 bits per heavy atom. The van der Waals surface area contributed by atoms with Gasteiger partial charge in [-0.3, -0.25) is 0 Å². The van der Waals surface area contributed by atoms with Gasteiger partial charge in [-0.2, -0.15) is 4.31 Å². The summed E-state index contributed by atoms with van der Waals surface area (Å²) in [6, 6.07) is 6.78. The second-order valence-electron chi connectivity index (χ2n) is 5.50. The second-order valence-corrected chi connectivity index (χ2v) is 7.85. The molecular formula is C15H15ClN4O2S. The van der Waals surface area contributed by atoms with E-state index in [4.69, 9.17) is 11.6 Å². The Morgan fingerprint density at radius 2 is 1.96 bits per heavy atom. The van der Waals surface area contributed by atoms with E-state index in [-0.39, 0.29) is 4.90 Å². The van der Waals surface area contributed by atoms with E-state index in [1.54, 1.807) is 30.5 Å². The lowest BCUT2D eigenvalue weighted by Crippen LogP contribution is -2.46. The van der Waals surface area contributed by atoms with E-state index in [1.807, 2.05) is 0 Å². The van der Waals surface area contributed by atoms with Crippen molar-refractivity contribution in [2.24, 2.45) is 0 Å². The summed E-state index contributed by atoms with van der Waals surface area (Å²) in [5.41, 5.74) is 1.48. The number of benzene rings is 1. The van der Waals surface area contributed by atoms with Gasteiger partial charge in [-0.05, 0) is 24.3 Å². The highest BCUT2D eigenvalue weighted by Crippen LogP contribution is 2.32. The molecule has 1 fully saturated rings. The Labute approximate surface area is 138 Å². The number of fused-ring (bicyclic) bond motifs is 3. The van der Waals surface area contributed by atoms with Crippen molar-refractivity contribution in [3.63, 3.8) is 0 Å². The first-order valence-electron chi connectivity index (χ1n) is 7.34. The molecule has 120 valence electrons. The molecule has 6 nitrogen and oxygen atoms in total. The van der Waals surface area contributed by atoms with Gasteiger partial charge in [0.1, 0.15) is 5.65 Å². The van der Waals surface area contributed by atoms with Crippen LogP contribution in [0.5, 0.6) is 0 Å². The number of pyridine rings is 1. The zero-order chi connectivity index (χ0) is 16.0. The number of rotatable bonds is 2. The molecule has 4 rings (SSSR count). The van der Waals surface area contributed by atoms with E-state index in [2.05, 4.69) is 15.3 Å². The summed E-state index contributed by atoms with van der Waals surface area (Å²) in [6.07, 6.45) is 1.62. The average Bonchev–Trinajstić information content (AvgIpc) is 2.94. The highest BCUT2D eigenvalue weighted by molar-refractivity contribution is 7.89. The number of nitrogens with zero attached hydrogens (tertiary/aromatic N) is 2. The molecule has 0 radical (unpaired) electrons. The van der Waals surface area contributed by atoms with Crippen LogP contribution in [0.3, 0.4) is 0 Å². The summed E-state index contributed by atoms with van der Waals surface area (Å²) < 4.78 is 27.1. The molecule has 1 aliphatic rings. The topological polar surface area (TPSA) is 78.1 Å². The largest absolute Gasteiger partial charge is 0.339 e. The highest BCUT2D eigenvalue weighted by Gasteiger charge is 2.26. The molecule has 2 N–H and O–H groups in total. The molecule has 2 aromatic heterocycles. The molecule has 3 aromatic rings. The van der Waals surface area contributed by atoms with E-state index in [0.717, 1.165) is 16.3 Å². The van der Waals surface area contributed by atoms with Crippen LogP contribution in [0.15, 0.2) is 35.4 Å². The summed E-state index contributed by atoms with van der Waals surface area (Å²) in [5, 5.41) is 5.24. The standard InChI is InChI=1S/C15H15ClN4O2S/c16-12-3-4-18-15-14(12)11-9-10(1-2-13(11)19-15)23(21,22)20-7-5-17-6-8-20/h1-4,9,17H,5-8H2,(H,18,19). The maximum absolute atomic E-state index is 12.8. The molecule has 0 amide bonds. The number of H-pyrrole nitrogens is 1. The lowest BCUT2D eigenvalue weighted by atomic mass is 10.2. The van der Waals surface area contributed by atoms with Gasteiger partial charge in [0.2, 0.25) is 10.0 Å². The van der Waals surface area contributed by atoms with Crippen molar-refractivity contribution < 1.29 is 8.42 Å². The molecule has 0 aliphatic carbocycles. The van der Waals surface area contributed by atoms with E-state index < -0.39 is 10.0 Å². The van der Waals surface area contributed by atoms with Gasteiger partial charge in [0.05, 0.1) is 9.92 Å². The molecule has 1 aromatic carbocycles. The third-order valence-corrected chi connectivity index (χ3v) is 6.34. The Balaban J connectivity index is 1.89. The van der Waals surface area contributed by atoms with Crippen LogP contribution in [0.4, 0.5) is 0 Å². The lowest BCUT2D eigenvalue weighted by molar-refractivity contribution is 0.360. The molecular weight excluding hydrogens is 336 g/mol. The van der Waals surface area contributed by atoms with Crippen LogP contribution in [-0.2, 0) is 10.0 Å². The van der Waals surface area contributed by atoms with Crippen LogP contribution in [0.1, 0.15) is 0 Å². The number of piperazine rings is 1. The van der Waals surface area contributed by atoms with Gasteiger partial charge in [0.25, 0.3) is 0 Å². The van der Waals surface area contributed by atoms with E-state index in [1.165, 1.54) is 4.31 Å². The summed E-state index contributed by atoms with van der Waals surface area (Å²) >= 11 is 6.26. The van der Waals surface area contributed by atoms with Crippen molar-refractivity contribution in [1.29, 1.82) is 0 Å². The molecule has 1 saturated heterocycles. The smallest absolute Gasteiger partial charge is 0.243 e. The zero-order valence-corrected chi connectivity index (χ0v) is 13.8. The van der Waals surface area contributed by atoms with Gasteiger partial charge < -0.3 is 10.3 Å². The van der Waals surface area contributed by atoms with Gasteiger partial charge in [-0.1, -0.05) is 11.6 Å². The number of sulfonamides is 1. The highest BCUT2D eigenvalue weighted by atomic mass is 35.5. The molecule has 0 saturated carbocycles. The van der Waals surface area contributed by atoms with E-state index in [9.17, 15) is 8.42 Å². The number of hydrogen-bond acceptors (Lipinski definition) is 4. The number of aromatic amines is 1. The van der Waals surface area contributed by atoms with E-state index >= 15 is 0 Å². The fraction of sp³-hybridized carbons (Fsp3) is 0.267. The summed E-state index contributed by atoms with van der Waals surface area (Å²) in [4.78, 5) is 7.70. The average molecular weight is 351 g/mol. The summed E-state index contributed by atoms with van der Waals surface area (Å²) in [7, 11) is -3.50. The number of hydrogen-bond donors (Lipinski definition) is 2. The van der Waals surface area contributed by atoms with Gasteiger partial charge in [0.15, 0.2) is 0 Å².